The van der Waals surface area contributed by atoms with Gasteiger partial charge in [-0.1, -0.05) is 41.6 Å². The predicted octanol–water partition coefficient (Wildman–Crippen LogP) is 5.51. The van der Waals surface area contributed by atoms with Crippen molar-refractivity contribution in [1.82, 2.24) is 10.5 Å². The van der Waals surface area contributed by atoms with Crippen LogP contribution in [0.25, 0.3) is 10.8 Å². The number of rotatable bonds is 6. The van der Waals surface area contributed by atoms with Crippen LogP contribution in [0.1, 0.15) is 45.9 Å². The van der Waals surface area contributed by atoms with Crippen molar-refractivity contribution in [2.45, 2.75) is 33.4 Å². The molecule has 3 aromatic carbocycles. The zero-order valence-corrected chi connectivity index (χ0v) is 17.3. The standard InChI is InChI=1S/C25H24N2O3/c1-16(21-9-8-19-6-4-5-7-22(19)14-21)26-25(28)20-10-12-23(13-11-20)29-15-24-17(2)27-30-18(24)3/h4-14,16H,15H2,1-3H3,(H,26,28). The van der Waals surface area contributed by atoms with Crippen molar-refractivity contribution >= 4 is 16.7 Å². The maximum absolute atomic E-state index is 12.7. The maximum Gasteiger partial charge on any atom is 0.251 e. The number of hydrogen-bond acceptors (Lipinski definition) is 4. The van der Waals surface area contributed by atoms with Gasteiger partial charge in [-0.3, -0.25) is 4.79 Å². The summed E-state index contributed by atoms with van der Waals surface area (Å²) in [4.78, 5) is 12.7. The molecule has 30 heavy (non-hydrogen) atoms. The third-order valence-corrected chi connectivity index (χ3v) is 5.30. The SMILES string of the molecule is Cc1noc(C)c1COc1ccc(C(=O)NC(C)c2ccc3ccccc3c2)cc1. The van der Waals surface area contributed by atoms with E-state index in [4.69, 9.17) is 9.26 Å². The highest BCUT2D eigenvalue weighted by atomic mass is 16.5. The van der Waals surface area contributed by atoms with Gasteiger partial charge in [-0.05, 0) is 67.4 Å². The average molecular weight is 400 g/mol. The summed E-state index contributed by atoms with van der Waals surface area (Å²) in [5.41, 5.74) is 3.43. The van der Waals surface area contributed by atoms with Crippen LogP contribution in [0.3, 0.4) is 0 Å². The molecule has 0 spiro atoms. The topological polar surface area (TPSA) is 64.4 Å². The summed E-state index contributed by atoms with van der Waals surface area (Å²) in [6, 6.07) is 21.5. The van der Waals surface area contributed by atoms with E-state index in [2.05, 4.69) is 40.8 Å². The Morgan fingerprint density at radius 1 is 1.03 bits per heavy atom. The van der Waals surface area contributed by atoms with E-state index in [1.807, 2.05) is 32.9 Å². The lowest BCUT2D eigenvalue weighted by molar-refractivity contribution is 0.0940. The molecule has 0 fully saturated rings. The molecule has 0 aliphatic heterocycles. The summed E-state index contributed by atoms with van der Waals surface area (Å²) >= 11 is 0. The molecule has 0 radical (unpaired) electrons. The van der Waals surface area contributed by atoms with E-state index in [1.165, 1.54) is 5.39 Å². The molecule has 1 heterocycles. The van der Waals surface area contributed by atoms with Gasteiger partial charge >= 0.3 is 0 Å². The fraction of sp³-hybridized carbons (Fsp3) is 0.200. The van der Waals surface area contributed by atoms with Crippen LogP contribution >= 0.6 is 0 Å². The number of aryl methyl sites for hydroxylation is 2. The molecule has 5 nitrogen and oxygen atoms in total. The van der Waals surface area contributed by atoms with Crippen molar-refractivity contribution in [1.29, 1.82) is 0 Å². The van der Waals surface area contributed by atoms with E-state index in [0.717, 1.165) is 28.0 Å². The molecule has 1 atom stereocenters. The lowest BCUT2D eigenvalue weighted by Gasteiger charge is -2.15. The first-order chi connectivity index (χ1) is 14.5. The van der Waals surface area contributed by atoms with Crippen molar-refractivity contribution in [2.24, 2.45) is 0 Å². The Hall–Kier alpha value is -3.60. The van der Waals surface area contributed by atoms with Crippen molar-refractivity contribution in [3.8, 4) is 5.75 Å². The molecule has 0 saturated carbocycles. The lowest BCUT2D eigenvalue weighted by Crippen LogP contribution is -2.26. The number of fused-ring (bicyclic) bond motifs is 1. The minimum absolute atomic E-state index is 0.0995. The van der Waals surface area contributed by atoms with Crippen LogP contribution < -0.4 is 10.1 Å². The molecular formula is C25H24N2O3. The van der Waals surface area contributed by atoms with E-state index in [1.54, 1.807) is 24.3 Å². The molecule has 1 N–H and O–H groups in total. The van der Waals surface area contributed by atoms with Crippen LogP contribution in [-0.4, -0.2) is 11.1 Å². The highest BCUT2D eigenvalue weighted by Crippen LogP contribution is 2.21. The van der Waals surface area contributed by atoms with E-state index in [0.29, 0.717) is 17.9 Å². The van der Waals surface area contributed by atoms with Gasteiger partial charge < -0.3 is 14.6 Å². The second-order valence-corrected chi connectivity index (χ2v) is 7.42. The number of amides is 1. The largest absolute Gasteiger partial charge is 0.489 e. The van der Waals surface area contributed by atoms with Crippen molar-refractivity contribution in [3.63, 3.8) is 0 Å². The highest BCUT2D eigenvalue weighted by molar-refractivity contribution is 5.94. The summed E-state index contributed by atoms with van der Waals surface area (Å²) in [6.45, 7) is 6.12. The summed E-state index contributed by atoms with van der Waals surface area (Å²) in [7, 11) is 0. The maximum atomic E-state index is 12.7. The van der Waals surface area contributed by atoms with Gasteiger partial charge in [-0.25, -0.2) is 0 Å². The molecule has 1 aromatic heterocycles. The van der Waals surface area contributed by atoms with Gasteiger partial charge in [0, 0.05) is 5.56 Å². The number of ether oxygens (including phenoxy) is 1. The quantitative estimate of drug-likeness (QED) is 0.463. The van der Waals surface area contributed by atoms with Gasteiger partial charge in [-0.2, -0.15) is 0 Å². The molecule has 0 aliphatic carbocycles. The minimum atomic E-state index is -0.118. The smallest absolute Gasteiger partial charge is 0.251 e. The van der Waals surface area contributed by atoms with Crippen molar-refractivity contribution < 1.29 is 14.1 Å². The predicted molar refractivity (Wildman–Crippen MR) is 117 cm³/mol. The number of hydrogen-bond donors (Lipinski definition) is 1. The third kappa shape index (κ3) is 4.20. The Bertz CT molecular complexity index is 1160. The minimum Gasteiger partial charge on any atom is -0.489 e. The van der Waals surface area contributed by atoms with E-state index >= 15 is 0 Å². The van der Waals surface area contributed by atoms with Gasteiger partial charge in [0.25, 0.3) is 5.91 Å². The van der Waals surface area contributed by atoms with Gasteiger partial charge in [0.1, 0.15) is 18.1 Å². The molecule has 0 saturated heterocycles. The Balaban J connectivity index is 1.39. The molecular weight excluding hydrogens is 376 g/mol. The summed E-state index contributed by atoms with van der Waals surface area (Å²) in [5, 5.41) is 9.34. The first kappa shape index (κ1) is 19.7. The summed E-state index contributed by atoms with van der Waals surface area (Å²) in [6.07, 6.45) is 0. The molecule has 1 unspecified atom stereocenters. The van der Waals surface area contributed by atoms with E-state index in [-0.39, 0.29) is 11.9 Å². The number of nitrogens with zero attached hydrogens (tertiary/aromatic N) is 1. The van der Waals surface area contributed by atoms with Gasteiger partial charge in [0.05, 0.1) is 17.3 Å². The monoisotopic (exact) mass is 400 g/mol. The average Bonchev–Trinajstić information content (AvgIpc) is 3.09. The van der Waals surface area contributed by atoms with Crippen LogP contribution in [0.5, 0.6) is 5.75 Å². The van der Waals surface area contributed by atoms with Crippen LogP contribution in [0.2, 0.25) is 0 Å². The second kappa shape index (κ2) is 8.41. The highest BCUT2D eigenvalue weighted by Gasteiger charge is 2.13. The fourth-order valence-corrected chi connectivity index (χ4v) is 3.41. The fourth-order valence-electron chi connectivity index (χ4n) is 3.41. The zero-order chi connectivity index (χ0) is 21.1. The number of carbonyl (C=O) groups excluding carboxylic acids is 1. The Morgan fingerprint density at radius 3 is 2.47 bits per heavy atom. The molecule has 4 aromatic rings. The first-order valence-electron chi connectivity index (χ1n) is 9.95. The molecule has 0 bridgehead atoms. The Morgan fingerprint density at radius 2 is 1.77 bits per heavy atom. The van der Waals surface area contributed by atoms with E-state index in [9.17, 15) is 4.79 Å². The first-order valence-corrected chi connectivity index (χ1v) is 9.95. The van der Waals surface area contributed by atoms with Crippen LogP contribution in [0, 0.1) is 13.8 Å². The lowest BCUT2D eigenvalue weighted by atomic mass is 10.0. The van der Waals surface area contributed by atoms with Gasteiger partial charge in [-0.15, -0.1) is 0 Å². The van der Waals surface area contributed by atoms with Crippen LogP contribution in [-0.2, 0) is 6.61 Å². The third-order valence-electron chi connectivity index (χ3n) is 5.30. The van der Waals surface area contributed by atoms with Crippen LogP contribution in [0.4, 0.5) is 0 Å². The van der Waals surface area contributed by atoms with E-state index < -0.39 is 0 Å². The Labute approximate surface area is 175 Å². The Kier molecular flexibility index (Phi) is 5.53. The van der Waals surface area contributed by atoms with Crippen LogP contribution in [0.15, 0.2) is 71.3 Å². The van der Waals surface area contributed by atoms with Gasteiger partial charge in [0.15, 0.2) is 0 Å². The number of aromatic nitrogens is 1. The molecule has 0 aliphatic rings. The number of nitrogens with one attached hydrogen (secondary N) is 1. The molecule has 1 amide bonds. The van der Waals surface area contributed by atoms with Crippen molar-refractivity contribution in [2.75, 3.05) is 0 Å². The second-order valence-electron chi connectivity index (χ2n) is 7.42. The van der Waals surface area contributed by atoms with Crippen molar-refractivity contribution in [3.05, 3.63) is 94.9 Å². The molecule has 5 heteroatoms. The molecule has 152 valence electrons. The summed E-state index contributed by atoms with van der Waals surface area (Å²) < 4.78 is 11.0. The van der Waals surface area contributed by atoms with Gasteiger partial charge in [0.2, 0.25) is 0 Å². The number of carbonyl (C=O) groups is 1. The normalized spacial score (nSPS) is 12.0. The molecule has 4 rings (SSSR count). The summed E-state index contributed by atoms with van der Waals surface area (Å²) in [5.74, 6) is 1.33. The zero-order valence-electron chi connectivity index (χ0n) is 17.3. The number of benzene rings is 3.